The van der Waals surface area contributed by atoms with E-state index in [2.05, 4.69) is 16.0 Å². The monoisotopic (exact) mass is 364 g/mol. The van der Waals surface area contributed by atoms with Gasteiger partial charge in [0.05, 0.1) is 11.6 Å². The molecule has 0 amide bonds. The van der Waals surface area contributed by atoms with E-state index in [-0.39, 0.29) is 11.5 Å². The fraction of sp³-hybridized carbons (Fsp3) is 0.364. The fourth-order valence-electron chi connectivity index (χ4n) is 3.44. The van der Waals surface area contributed by atoms with Crippen molar-refractivity contribution in [1.29, 1.82) is 0 Å². The lowest BCUT2D eigenvalue weighted by molar-refractivity contribution is -0.0119. The lowest BCUT2D eigenvalue weighted by Gasteiger charge is -2.22. The summed E-state index contributed by atoms with van der Waals surface area (Å²) in [7, 11) is 0. The number of pyridine rings is 2. The Bertz CT molecular complexity index is 947. The zero-order chi connectivity index (χ0) is 18.5. The van der Waals surface area contributed by atoms with Gasteiger partial charge in [0.2, 0.25) is 0 Å². The number of aromatic amines is 1. The van der Waals surface area contributed by atoms with Crippen molar-refractivity contribution in [2.45, 2.75) is 38.2 Å². The van der Waals surface area contributed by atoms with Crippen molar-refractivity contribution in [2.24, 2.45) is 0 Å². The standard InChI is InChI=1S/C22H24N2O3/c25-21-14-22(27-15-18-6-2-4-12-26-18)24-20-10-8-16(13-19(20)21)7-9-17-5-1-3-11-23-17/h1,3,5,8,10-11,13-14,18H,2,4,6-7,9,12,15H2,(H,24,25). The van der Waals surface area contributed by atoms with Crippen LogP contribution in [0.1, 0.15) is 30.5 Å². The normalized spacial score (nSPS) is 17.1. The zero-order valence-corrected chi connectivity index (χ0v) is 15.3. The second-order valence-corrected chi connectivity index (χ2v) is 7.00. The summed E-state index contributed by atoms with van der Waals surface area (Å²) in [5.74, 6) is 0.503. The molecule has 0 bridgehead atoms. The summed E-state index contributed by atoms with van der Waals surface area (Å²) < 4.78 is 11.5. The van der Waals surface area contributed by atoms with Crippen molar-refractivity contribution in [2.75, 3.05) is 13.2 Å². The minimum absolute atomic E-state index is 0.0250. The summed E-state index contributed by atoms with van der Waals surface area (Å²) >= 11 is 0. The third-order valence-electron chi connectivity index (χ3n) is 4.96. The van der Waals surface area contributed by atoms with Gasteiger partial charge in [-0.15, -0.1) is 0 Å². The maximum atomic E-state index is 12.5. The van der Waals surface area contributed by atoms with Crippen LogP contribution in [-0.4, -0.2) is 29.3 Å². The van der Waals surface area contributed by atoms with Crippen molar-refractivity contribution in [3.8, 4) is 5.88 Å². The molecule has 1 atom stereocenters. The number of H-pyrrole nitrogens is 1. The van der Waals surface area contributed by atoms with Gasteiger partial charge in [0, 0.05) is 30.0 Å². The van der Waals surface area contributed by atoms with Crippen LogP contribution in [0.25, 0.3) is 10.9 Å². The molecule has 0 aliphatic carbocycles. The SMILES string of the molecule is O=c1cc(OCC2CCCCO2)[nH]c2ccc(CCc3ccccn3)cc12. The third-order valence-corrected chi connectivity index (χ3v) is 4.96. The number of ether oxygens (including phenoxy) is 2. The van der Waals surface area contributed by atoms with Gasteiger partial charge in [0.15, 0.2) is 11.3 Å². The van der Waals surface area contributed by atoms with Crippen molar-refractivity contribution >= 4 is 10.9 Å². The lowest BCUT2D eigenvalue weighted by atomic mass is 10.0. The van der Waals surface area contributed by atoms with Crippen LogP contribution in [0.2, 0.25) is 0 Å². The number of hydrogen-bond acceptors (Lipinski definition) is 4. The summed E-state index contributed by atoms with van der Waals surface area (Å²) in [6.45, 7) is 1.27. The van der Waals surface area contributed by atoms with Crippen molar-refractivity contribution in [3.05, 3.63) is 70.1 Å². The molecule has 1 saturated heterocycles. The van der Waals surface area contributed by atoms with E-state index in [0.717, 1.165) is 49.1 Å². The van der Waals surface area contributed by atoms with E-state index >= 15 is 0 Å². The topological polar surface area (TPSA) is 64.2 Å². The van der Waals surface area contributed by atoms with E-state index in [1.54, 1.807) is 6.20 Å². The molecule has 1 aliphatic rings. The average Bonchev–Trinajstić information content (AvgIpc) is 2.72. The molecule has 5 heteroatoms. The Morgan fingerprint density at radius 3 is 2.93 bits per heavy atom. The zero-order valence-electron chi connectivity index (χ0n) is 15.3. The first-order chi connectivity index (χ1) is 13.3. The number of nitrogens with one attached hydrogen (secondary N) is 1. The summed E-state index contributed by atoms with van der Waals surface area (Å²) in [5, 5.41) is 0.690. The van der Waals surface area contributed by atoms with Crippen molar-refractivity contribution in [3.63, 3.8) is 0 Å². The fourth-order valence-corrected chi connectivity index (χ4v) is 3.44. The molecule has 1 aromatic carbocycles. The van der Waals surface area contributed by atoms with Crippen LogP contribution in [-0.2, 0) is 17.6 Å². The van der Waals surface area contributed by atoms with E-state index in [4.69, 9.17) is 9.47 Å². The van der Waals surface area contributed by atoms with Crippen LogP contribution in [0.15, 0.2) is 53.5 Å². The van der Waals surface area contributed by atoms with E-state index in [1.165, 1.54) is 12.5 Å². The molecule has 140 valence electrons. The molecule has 1 aliphatic heterocycles. The highest BCUT2D eigenvalue weighted by Crippen LogP contribution is 2.18. The molecule has 5 nitrogen and oxygen atoms in total. The van der Waals surface area contributed by atoms with E-state index < -0.39 is 0 Å². The molecule has 1 N–H and O–H groups in total. The maximum absolute atomic E-state index is 12.5. The van der Waals surface area contributed by atoms with Crippen molar-refractivity contribution < 1.29 is 9.47 Å². The van der Waals surface area contributed by atoms with Gasteiger partial charge >= 0.3 is 0 Å². The second kappa shape index (κ2) is 8.35. The molecule has 2 aromatic heterocycles. The van der Waals surface area contributed by atoms with Gasteiger partial charge < -0.3 is 14.5 Å². The predicted molar refractivity (Wildman–Crippen MR) is 105 cm³/mol. The van der Waals surface area contributed by atoms with Gasteiger partial charge in [0.1, 0.15) is 6.61 Å². The molecule has 0 spiro atoms. The minimum Gasteiger partial charge on any atom is -0.476 e. The van der Waals surface area contributed by atoms with E-state index in [0.29, 0.717) is 17.9 Å². The highest BCUT2D eigenvalue weighted by atomic mass is 16.5. The van der Waals surface area contributed by atoms with Crippen LogP contribution in [0.4, 0.5) is 0 Å². The molecular weight excluding hydrogens is 340 g/mol. The molecule has 0 radical (unpaired) electrons. The number of nitrogens with zero attached hydrogens (tertiary/aromatic N) is 1. The molecule has 27 heavy (non-hydrogen) atoms. The van der Waals surface area contributed by atoms with Gasteiger partial charge in [0.25, 0.3) is 0 Å². The van der Waals surface area contributed by atoms with Gasteiger partial charge in [-0.3, -0.25) is 9.78 Å². The van der Waals surface area contributed by atoms with Gasteiger partial charge in [-0.05, 0) is 61.9 Å². The predicted octanol–water partition coefficient (Wildman–Crippen LogP) is 3.66. The maximum Gasteiger partial charge on any atom is 0.195 e. The van der Waals surface area contributed by atoms with Gasteiger partial charge in [-0.1, -0.05) is 12.1 Å². The number of fused-ring (bicyclic) bond motifs is 1. The number of aromatic nitrogens is 2. The number of aryl methyl sites for hydroxylation is 2. The van der Waals surface area contributed by atoms with Crippen LogP contribution in [0.3, 0.4) is 0 Å². The summed E-state index contributed by atoms with van der Waals surface area (Å²) in [6, 6.07) is 13.4. The highest BCUT2D eigenvalue weighted by Gasteiger charge is 2.15. The molecule has 1 fully saturated rings. The van der Waals surface area contributed by atoms with E-state index in [1.807, 2.05) is 30.3 Å². The summed E-state index contributed by atoms with van der Waals surface area (Å²) in [5.41, 5.74) is 2.95. The Morgan fingerprint density at radius 1 is 1.15 bits per heavy atom. The van der Waals surface area contributed by atoms with Gasteiger partial charge in [-0.25, -0.2) is 0 Å². The Kier molecular flexibility index (Phi) is 5.49. The first kappa shape index (κ1) is 17.7. The Hall–Kier alpha value is -2.66. The molecule has 0 saturated carbocycles. The van der Waals surface area contributed by atoms with Crippen molar-refractivity contribution in [1.82, 2.24) is 9.97 Å². The second-order valence-electron chi connectivity index (χ2n) is 7.00. The van der Waals surface area contributed by atoms with Crippen LogP contribution in [0, 0.1) is 0 Å². The molecular formula is C22H24N2O3. The Morgan fingerprint density at radius 2 is 2.11 bits per heavy atom. The molecule has 1 unspecified atom stereocenters. The number of benzene rings is 1. The molecule has 4 rings (SSSR count). The first-order valence-corrected chi connectivity index (χ1v) is 9.58. The van der Waals surface area contributed by atoms with Gasteiger partial charge in [-0.2, -0.15) is 0 Å². The summed E-state index contributed by atoms with van der Waals surface area (Å²) in [4.78, 5) is 20.1. The molecule has 3 heterocycles. The van der Waals surface area contributed by atoms with E-state index in [9.17, 15) is 4.79 Å². The quantitative estimate of drug-likeness (QED) is 0.725. The Labute approximate surface area is 158 Å². The smallest absolute Gasteiger partial charge is 0.195 e. The highest BCUT2D eigenvalue weighted by molar-refractivity contribution is 5.79. The minimum atomic E-state index is -0.0250. The first-order valence-electron chi connectivity index (χ1n) is 9.58. The average molecular weight is 364 g/mol. The molecule has 3 aromatic rings. The van der Waals surface area contributed by atoms with Crippen LogP contribution < -0.4 is 10.2 Å². The Balaban J connectivity index is 1.45. The largest absolute Gasteiger partial charge is 0.476 e. The summed E-state index contributed by atoms with van der Waals surface area (Å²) in [6.07, 6.45) is 6.93. The van der Waals surface area contributed by atoms with Crippen LogP contribution in [0.5, 0.6) is 5.88 Å². The van der Waals surface area contributed by atoms with Crippen LogP contribution >= 0.6 is 0 Å². The number of hydrogen-bond donors (Lipinski definition) is 1. The lowest BCUT2D eigenvalue weighted by Crippen LogP contribution is -2.26. The number of rotatable bonds is 6. The third kappa shape index (κ3) is 4.55.